The highest BCUT2D eigenvalue weighted by molar-refractivity contribution is 5.66. The third kappa shape index (κ3) is 3.55. The van der Waals surface area contributed by atoms with Gasteiger partial charge in [-0.15, -0.1) is 0 Å². The van der Waals surface area contributed by atoms with E-state index in [1.165, 1.54) is 0 Å². The Morgan fingerprint density at radius 2 is 2.32 bits per heavy atom. The number of carboxylic acid groups (broad SMARTS) is 1. The third-order valence-corrected chi connectivity index (χ3v) is 3.60. The lowest BCUT2D eigenvalue weighted by atomic mass is 10.0. The van der Waals surface area contributed by atoms with E-state index in [0.717, 1.165) is 18.4 Å². The molecule has 1 atom stereocenters. The second-order valence-corrected chi connectivity index (χ2v) is 5.03. The van der Waals surface area contributed by atoms with Gasteiger partial charge in [0.1, 0.15) is 0 Å². The summed E-state index contributed by atoms with van der Waals surface area (Å²) in [5.74, 6) is -0.761. The maximum Gasteiger partial charge on any atom is 0.304 e. The Kier molecular flexibility index (Phi) is 4.18. The molecule has 0 aliphatic heterocycles. The highest BCUT2D eigenvalue weighted by atomic mass is 16.4. The van der Waals surface area contributed by atoms with Gasteiger partial charge in [0.25, 0.3) is 0 Å². The van der Waals surface area contributed by atoms with Crippen LogP contribution in [0.5, 0.6) is 0 Å². The van der Waals surface area contributed by atoms with Gasteiger partial charge in [0, 0.05) is 18.6 Å². The quantitative estimate of drug-likeness (QED) is 0.851. The van der Waals surface area contributed by atoms with Crippen molar-refractivity contribution in [3.05, 3.63) is 35.4 Å². The summed E-state index contributed by atoms with van der Waals surface area (Å²) < 4.78 is 0. The van der Waals surface area contributed by atoms with Gasteiger partial charge in [0.05, 0.1) is 18.1 Å². The molecule has 1 aliphatic carbocycles. The first-order chi connectivity index (χ1) is 9.11. The number of nitrogens with zero attached hydrogens (tertiary/aromatic N) is 2. The predicted octanol–water partition coefficient (Wildman–Crippen LogP) is 2.56. The van der Waals surface area contributed by atoms with Crippen LogP contribution in [0.25, 0.3) is 0 Å². The molecule has 19 heavy (non-hydrogen) atoms. The monoisotopic (exact) mass is 258 g/mol. The molecule has 100 valence electrons. The maximum absolute atomic E-state index is 10.7. The van der Waals surface area contributed by atoms with Crippen molar-refractivity contribution in [2.45, 2.75) is 38.3 Å². The van der Waals surface area contributed by atoms with Crippen LogP contribution < -0.4 is 0 Å². The Bertz CT molecular complexity index is 503. The molecule has 0 spiro atoms. The number of benzene rings is 1. The molecule has 0 bridgehead atoms. The Morgan fingerprint density at radius 3 is 2.89 bits per heavy atom. The Balaban J connectivity index is 2.11. The molecule has 1 aromatic carbocycles. The summed E-state index contributed by atoms with van der Waals surface area (Å²) in [4.78, 5) is 13.0. The summed E-state index contributed by atoms with van der Waals surface area (Å²) in [6, 6.07) is 10.4. The zero-order valence-corrected chi connectivity index (χ0v) is 11.0. The number of aliphatic carboxylic acids is 1. The predicted molar refractivity (Wildman–Crippen MR) is 71.6 cm³/mol. The molecule has 1 saturated carbocycles. The maximum atomic E-state index is 10.7. The SMILES string of the molecule is CC(c1cccc(C#N)c1)N(CCC(=O)O)C1CC1. The summed E-state index contributed by atoms with van der Waals surface area (Å²) in [6.07, 6.45) is 2.45. The van der Waals surface area contributed by atoms with E-state index in [1.807, 2.05) is 18.2 Å². The number of hydrogen-bond acceptors (Lipinski definition) is 3. The van der Waals surface area contributed by atoms with Gasteiger partial charge in [-0.1, -0.05) is 12.1 Å². The zero-order valence-electron chi connectivity index (χ0n) is 11.0. The van der Waals surface area contributed by atoms with Crippen LogP contribution in [0.3, 0.4) is 0 Å². The molecule has 4 heteroatoms. The average molecular weight is 258 g/mol. The molecule has 0 saturated heterocycles. The number of hydrogen-bond donors (Lipinski definition) is 1. The smallest absolute Gasteiger partial charge is 0.304 e. The van der Waals surface area contributed by atoms with E-state index in [9.17, 15) is 4.79 Å². The van der Waals surface area contributed by atoms with Crippen molar-refractivity contribution in [3.8, 4) is 6.07 Å². The van der Waals surface area contributed by atoms with Gasteiger partial charge in [0.15, 0.2) is 0 Å². The van der Waals surface area contributed by atoms with Crippen LogP contribution >= 0.6 is 0 Å². The van der Waals surface area contributed by atoms with Crippen LogP contribution in [0.15, 0.2) is 24.3 Å². The zero-order chi connectivity index (χ0) is 13.8. The normalized spacial score (nSPS) is 16.1. The minimum absolute atomic E-state index is 0.153. The number of carboxylic acids is 1. The van der Waals surface area contributed by atoms with Gasteiger partial charge >= 0.3 is 5.97 Å². The molecular weight excluding hydrogens is 240 g/mol. The van der Waals surface area contributed by atoms with E-state index in [0.29, 0.717) is 18.2 Å². The second-order valence-electron chi connectivity index (χ2n) is 5.03. The third-order valence-electron chi connectivity index (χ3n) is 3.60. The first kappa shape index (κ1) is 13.6. The van der Waals surface area contributed by atoms with Crippen molar-refractivity contribution < 1.29 is 9.90 Å². The van der Waals surface area contributed by atoms with Crippen LogP contribution in [0.2, 0.25) is 0 Å². The topological polar surface area (TPSA) is 64.3 Å². The van der Waals surface area contributed by atoms with Crippen molar-refractivity contribution in [3.63, 3.8) is 0 Å². The van der Waals surface area contributed by atoms with E-state index in [-0.39, 0.29) is 12.5 Å². The first-order valence-electron chi connectivity index (χ1n) is 6.59. The molecule has 0 amide bonds. The summed E-state index contributed by atoms with van der Waals surface area (Å²) in [7, 11) is 0. The molecule has 1 unspecified atom stereocenters. The lowest BCUT2D eigenvalue weighted by Gasteiger charge is -2.29. The average Bonchev–Trinajstić information content (AvgIpc) is 3.23. The molecule has 1 fully saturated rings. The van der Waals surface area contributed by atoms with Crippen LogP contribution in [0, 0.1) is 11.3 Å². The van der Waals surface area contributed by atoms with E-state index in [4.69, 9.17) is 10.4 Å². The molecule has 0 aromatic heterocycles. The number of carbonyl (C=O) groups is 1. The van der Waals surface area contributed by atoms with Crippen molar-refractivity contribution in [1.82, 2.24) is 4.90 Å². The second kappa shape index (κ2) is 5.85. The van der Waals surface area contributed by atoms with Gasteiger partial charge < -0.3 is 5.11 Å². The summed E-state index contributed by atoms with van der Waals surface area (Å²) in [5, 5.41) is 17.8. The molecule has 2 rings (SSSR count). The molecule has 1 aromatic rings. The lowest BCUT2D eigenvalue weighted by Crippen LogP contribution is -2.31. The van der Waals surface area contributed by atoms with Crippen molar-refractivity contribution >= 4 is 5.97 Å². The van der Waals surface area contributed by atoms with Crippen molar-refractivity contribution in [2.75, 3.05) is 6.54 Å². The standard InChI is InChI=1S/C15H18N2O2/c1-11(13-4-2-3-12(9-13)10-16)17(14-5-6-14)8-7-15(18)19/h2-4,9,11,14H,5-8H2,1H3,(H,18,19). The van der Waals surface area contributed by atoms with E-state index >= 15 is 0 Å². The fraction of sp³-hybridized carbons (Fsp3) is 0.467. The highest BCUT2D eigenvalue weighted by Gasteiger charge is 2.32. The molecule has 1 N–H and O–H groups in total. The molecule has 1 aliphatic rings. The van der Waals surface area contributed by atoms with Crippen LogP contribution in [0.1, 0.15) is 43.4 Å². The van der Waals surface area contributed by atoms with Gasteiger partial charge in [-0.2, -0.15) is 5.26 Å². The Hall–Kier alpha value is -1.86. The summed E-state index contributed by atoms with van der Waals surface area (Å²) in [5.41, 5.74) is 1.73. The summed E-state index contributed by atoms with van der Waals surface area (Å²) >= 11 is 0. The molecule has 0 heterocycles. The van der Waals surface area contributed by atoms with Gasteiger partial charge in [-0.05, 0) is 37.5 Å². The minimum atomic E-state index is -0.761. The van der Waals surface area contributed by atoms with E-state index in [1.54, 1.807) is 6.07 Å². The first-order valence-corrected chi connectivity index (χ1v) is 6.59. The van der Waals surface area contributed by atoms with E-state index < -0.39 is 5.97 Å². The fourth-order valence-corrected chi connectivity index (χ4v) is 2.38. The lowest BCUT2D eigenvalue weighted by molar-refractivity contribution is -0.137. The number of rotatable bonds is 6. The minimum Gasteiger partial charge on any atom is -0.481 e. The van der Waals surface area contributed by atoms with Gasteiger partial charge in [-0.25, -0.2) is 0 Å². The van der Waals surface area contributed by atoms with Crippen LogP contribution in [0.4, 0.5) is 0 Å². The van der Waals surface area contributed by atoms with Crippen molar-refractivity contribution in [2.24, 2.45) is 0 Å². The Labute approximate surface area is 113 Å². The Morgan fingerprint density at radius 1 is 1.58 bits per heavy atom. The van der Waals surface area contributed by atoms with Gasteiger partial charge in [-0.3, -0.25) is 9.69 Å². The van der Waals surface area contributed by atoms with Crippen molar-refractivity contribution in [1.29, 1.82) is 5.26 Å². The molecular formula is C15H18N2O2. The highest BCUT2D eigenvalue weighted by Crippen LogP contribution is 2.34. The van der Waals surface area contributed by atoms with Gasteiger partial charge in [0.2, 0.25) is 0 Å². The van der Waals surface area contributed by atoms with Crippen LogP contribution in [-0.4, -0.2) is 28.6 Å². The largest absolute Gasteiger partial charge is 0.481 e. The molecule has 0 radical (unpaired) electrons. The fourth-order valence-electron chi connectivity index (χ4n) is 2.38. The number of nitriles is 1. The van der Waals surface area contributed by atoms with Crippen LogP contribution in [-0.2, 0) is 4.79 Å². The summed E-state index contributed by atoms with van der Waals surface area (Å²) in [6.45, 7) is 2.65. The molecule has 4 nitrogen and oxygen atoms in total. The van der Waals surface area contributed by atoms with E-state index in [2.05, 4.69) is 17.9 Å².